The van der Waals surface area contributed by atoms with Gasteiger partial charge in [0.25, 0.3) is 0 Å². The highest BCUT2D eigenvalue weighted by Gasteiger charge is 2.25. The number of halogens is 1. The minimum Gasteiger partial charge on any atom is -0.330 e. The van der Waals surface area contributed by atoms with Gasteiger partial charge in [-0.15, -0.1) is 0 Å². The van der Waals surface area contributed by atoms with Crippen LogP contribution in [0, 0.1) is 6.92 Å². The summed E-state index contributed by atoms with van der Waals surface area (Å²) in [4.78, 5) is 26.1. The SMILES string of the molecule is Cc1ccc(NC(=O)C(=O)N2CCc3ccccc3C2)cc1Cl. The molecule has 0 spiro atoms. The molecule has 4 nitrogen and oxygen atoms in total. The zero-order valence-corrected chi connectivity index (χ0v) is 13.6. The molecule has 118 valence electrons. The van der Waals surface area contributed by atoms with Gasteiger partial charge >= 0.3 is 11.8 Å². The van der Waals surface area contributed by atoms with Gasteiger partial charge in [-0.1, -0.05) is 41.9 Å². The minimum absolute atomic E-state index is 0.469. The van der Waals surface area contributed by atoms with Crippen LogP contribution in [-0.2, 0) is 22.6 Å². The summed E-state index contributed by atoms with van der Waals surface area (Å²) in [6.07, 6.45) is 0.769. The summed E-state index contributed by atoms with van der Waals surface area (Å²) >= 11 is 6.04. The Morgan fingerprint density at radius 3 is 2.61 bits per heavy atom. The predicted molar refractivity (Wildman–Crippen MR) is 90.4 cm³/mol. The van der Waals surface area contributed by atoms with E-state index in [0.717, 1.165) is 17.5 Å². The van der Waals surface area contributed by atoms with Crippen molar-refractivity contribution in [2.45, 2.75) is 19.9 Å². The standard InChI is InChI=1S/C18H17ClN2O2/c1-12-6-7-15(10-16(12)19)20-17(22)18(23)21-9-8-13-4-2-3-5-14(13)11-21/h2-7,10H,8-9,11H2,1H3,(H,20,22). The van der Waals surface area contributed by atoms with Gasteiger partial charge in [0.15, 0.2) is 0 Å². The Morgan fingerprint density at radius 2 is 1.87 bits per heavy atom. The Labute approximate surface area is 140 Å². The van der Waals surface area contributed by atoms with Gasteiger partial charge in [0, 0.05) is 23.8 Å². The van der Waals surface area contributed by atoms with Crippen molar-refractivity contribution in [1.82, 2.24) is 4.90 Å². The number of nitrogens with one attached hydrogen (secondary N) is 1. The number of hydrogen-bond donors (Lipinski definition) is 1. The number of aryl methyl sites for hydroxylation is 1. The largest absolute Gasteiger partial charge is 0.330 e. The van der Waals surface area contributed by atoms with E-state index in [1.54, 1.807) is 23.1 Å². The Balaban J connectivity index is 1.68. The lowest BCUT2D eigenvalue weighted by atomic mass is 10.00. The number of fused-ring (bicyclic) bond motifs is 1. The molecule has 0 aromatic heterocycles. The second-order valence-corrected chi connectivity index (χ2v) is 6.07. The first kappa shape index (κ1) is 15.6. The van der Waals surface area contributed by atoms with Gasteiger partial charge in [-0.3, -0.25) is 9.59 Å². The molecule has 0 saturated heterocycles. The van der Waals surface area contributed by atoms with Gasteiger partial charge in [-0.25, -0.2) is 0 Å². The topological polar surface area (TPSA) is 49.4 Å². The van der Waals surface area contributed by atoms with Gasteiger partial charge in [-0.2, -0.15) is 0 Å². The monoisotopic (exact) mass is 328 g/mol. The molecule has 23 heavy (non-hydrogen) atoms. The van der Waals surface area contributed by atoms with E-state index in [-0.39, 0.29) is 0 Å². The quantitative estimate of drug-likeness (QED) is 0.817. The van der Waals surface area contributed by atoms with Crippen LogP contribution >= 0.6 is 11.6 Å². The fourth-order valence-electron chi connectivity index (χ4n) is 2.67. The second kappa shape index (κ2) is 6.42. The van der Waals surface area contributed by atoms with Crippen LogP contribution < -0.4 is 5.32 Å². The van der Waals surface area contributed by atoms with Crippen LogP contribution in [0.3, 0.4) is 0 Å². The molecule has 0 atom stereocenters. The van der Waals surface area contributed by atoms with E-state index in [0.29, 0.717) is 23.8 Å². The number of amides is 2. The highest BCUT2D eigenvalue weighted by atomic mass is 35.5. The fourth-order valence-corrected chi connectivity index (χ4v) is 2.85. The van der Waals surface area contributed by atoms with Crippen molar-refractivity contribution in [3.8, 4) is 0 Å². The number of nitrogens with zero attached hydrogens (tertiary/aromatic N) is 1. The predicted octanol–water partition coefficient (Wildman–Crippen LogP) is 3.17. The van der Waals surface area contributed by atoms with Crippen LogP contribution in [0.1, 0.15) is 16.7 Å². The lowest BCUT2D eigenvalue weighted by Crippen LogP contribution is -2.42. The molecular weight excluding hydrogens is 312 g/mol. The second-order valence-electron chi connectivity index (χ2n) is 5.66. The van der Waals surface area contributed by atoms with E-state index in [2.05, 4.69) is 11.4 Å². The van der Waals surface area contributed by atoms with Crippen molar-refractivity contribution in [2.24, 2.45) is 0 Å². The molecule has 0 bridgehead atoms. The number of carbonyl (C=O) groups is 2. The summed E-state index contributed by atoms with van der Waals surface area (Å²) in [5.74, 6) is -1.15. The molecule has 2 aromatic carbocycles. The van der Waals surface area contributed by atoms with Crippen LogP contribution in [0.15, 0.2) is 42.5 Å². The van der Waals surface area contributed by atoms with Gasteiger partial charge in [0.1, 0.15) is 0 Å². The van der Waals surface area contributed by atoms with Crippen LogP contribution in [-0.4, -0.2) is 23.3 Å². The summed E-state index contributed by atoms with van der Waals surface area (Å²) in [5, 5.41) is 3.17. The molecule has 2 aromatic rings. The van der Waals surface area contributed by atoms with Crippen LogP contribution in [0.4, 0.5) is 5.69 Å². The van der Waals surface area contributed by atoms with Crippen molar-refractivity contribution in [2.75, 3.05) is 11.9 Å². The zero-order valence-electron chi connectivity index (χ0n) is 12.8. The third-order valence-corrected chi connectivity index (χ3v) is 4.45. The Bertz CT molecular complexity index is 773. The normalized spacial score (nSPS) is 13.4. The van der Waals surface area contributed by atoms with E-state index in [1.807, 2.05) is 25.1 Å². The van der Waals surface area contributed by atoms with E-state index >= 15 is 0 Å². The molecular formula is C18H17ClN2O2. The highest BCUT2D eigenvalue weighted by molar-refractivity contribution is 6.39. The van der Waals surface area contributed by atoms with Crippen LogP contribution in [0.2, 0.25) is 5.02 Å². The average molecular weight is 329 g/mol. The fraction of sp³-hybridized carbons (Fsp3) is 0.222. The molecule has 2 amide bonds. The lowest BCUT2D eigenvalue weighted by molar-refractivity contribution is -0.143. The van der Waals surface area contributed by atoms with E-state index in [9.17, 15) is 9.59 Å². The Morgan fingerprint density at radius 1 is 1.13 bits per heavy atom. The number of benzene rings is 2. The summed E-state index contributed by atoms with van der Waals surface area (Å²) < 4.78 is 0. The number of anilines is 1. The smallest absolute Gasteiger partial charge is 0.313 e. The molecule has 5 heteroatoms. The zero-order chi connectivity index (χ0) is 16.4. The lowest BCUT2D eigenvalue weighted by Gasteiger charge is -2.28. The van der Waals surface area contributed by atoms with Crippen molar-refractivity contribution >= 4 is 29.1 Å². The van der Waals surface area contributed by atoms with Crippen molar-refractivity contribution in [3.05, 3.63) is 64.2 Å². The number of carbonyl (C=O) groups excluding carboxylic acids is 2. The van der Waals surface area contributed by atoms with Crippen molar-refractivity contribution in [1.29, 1.82) is 0 Å². The highest BCUT2D eigenvalue weighted by Crippen LogP contribution is 2.21. The van der Waals surface area contributed by atoms with Gasteiger partial charge in [0.2, 0.25) is 0 Å². The maximum Gasteiger partial charge on any atom is 0.313 e. The molecule has 3 rings (SSSR count). The minimum atomic E-state index is -0.635. The molecule has 0 aliphatic carbocycles. The molecule has 0 fully saturated rings. The van der Waals surface area contributed by atoms with E-state index in [4.69, 9.17) is 11.6 Å². The molecule has 0 saturated carbocycles. The van der Waals surface area contributed by atoms with Crippen molar-refractivity contribution in [3.63, 3.8) is 0 Å². The summed E-state index contributed by atoms with van der Waals surface area (Å²) in [6.45, 7) is 2.90. The number of rotatable bonds is 1. The molecule has 0 radical (unpaired) electrons. The van der Waals surface area contributed by atoms with Crippen LogP contribution in [0.5, 0.6) is 0 Å². The molecule has 1 heterocycles. The molecule has 0 unspecified atom stereocenters. The molecule has 1 N–H and O–H groups in total. The van der Waals surface area contributed by atoms with Gasteiger partial charge in [0.05, 0.1) is 0 Å². The Kier molecular flexibility index (Phi) is 4.35. The van der Waals surface area contributed by atoms with Crippen LogP contribution in [0.25, 0.3) is 0 Å². The maximum atomic E-state index is 12.3. The third-order valence-electron chi connectivity index (χ3n) is 4.04. The maximum absolute atomic E-state index is 12.3. The summed E-state index contributed by atoms with van der Waals surface area (Å²) in [5.41, 5.74) is 3.78. The first-order chi connectivity index (χ1) is 11.0. The Hall–Kier alpha value is -2.33. The van der Waals surface area contributed by atoms with E-state index < -0.39 is 11.8 Å². The average Bonchev–Trinajstić information content (AvgIpc) is 2.57. The van der Waals surface area contributed by atoms with Gasteiger partial charge in [-0.05, 0) is 42.2 Å². The first-order valence-corrected chi connectivity index (χ1v) is 7.85. The van der Waals surface area contributed by atoms with E-state index in [1.165, 1.54) is 5.56 Å². The van der Waals surface area contributed by atoms with Crippen molar-refractivity contribution < 1.29 is 9.59 Å². The summed E-state index contributed by atoms with van der Waals surface area (Å²) in [6, 6.07) is 13.2. The first-order valence-electron chi connectivity index (χ1n) is 7.48. The summed E-state index contributed by atoms with van der Waals surface area (Å²) in [7, 11) is 0. The number of hydrogen-bond acceptors (Lipinski definition) is 2. The molecule has 1 aliphatic rings. The van der Waals surface area contributed by atoms with Gasteiger partial charge < -0.3 is 10.2 Å². The molecule has 1 aliphatic heterocycles. The third kappa shape index (κ3) is 3.37.